The van der Waals surface area contributed by atoms with E-state index in [1.165, 1.54) is 0 Å². The maximum absolute atomic E-state index is 9.97. The predicted octanol–water partition coefficient (Wildman–Crippen LogP) is 5.57. The fourth-order valence-corrected chi connectivity index (χ4v) is 2.99. The standard InChI is InChI=1S/C16H16Br2ClNO/c1-2-16(10-21,11-3-5-12(17)6-4-11)20-13-7-8-15(19)14(18)9-13/h3-9,20-21H,2,10H2,1H3. The number of nitrogens with one attached hydrogen (secondary N) is 1. The van der Waals surface area contributed by atoms with E-state index in [1.807, 2.05) is 42.5 Å². The lowest BCUT2D eigenvalue weighted by Gasteiger charge is -2.34. The highest BCUT2D eigenvalue weighted by Gasteiger charge is 2.29. The SMILES string of the molecule is CCC(CO)(Nc1ccc(Cl)c(Br)c1)c1ccc(Br)cc1. The highest BCUT2D eigenvalue weighted by molar-refractivity contribution is 9.10. The van der Waals surface area contributed by atoms with Crippen molar-refractivity contribution >= 4 is 49.1 Å². The summed E-state index contributed by atoms with van der Waals surface area (Å²) in [7, 11) is 0. The van der Waals surface area contributed by atoms with Crippen LogP contribution < -0.4 is 5.32 Å². The molecule has 0 radical (unpaired) electrons. The van der Waals surface area contributed by atoms with E-state index in [4.69, 9.17) is 11.6 Å². The van der Waals surface area contributed by atoms with Gasteiger partial charge >= 0.3 is 0 Å². The minimum Gasteiger partial charge on any atom is -0.394 e. The van der Waals surface area contributed by atoms with Crippen molar-refractivity contribution in [3.05, 3.63) is 62.0 Å². The molecule has 112 valence electrons. The third-order valence-corrected chi connectivity index (χ3v) is 5.32. The van der Waals surface area contributed by atoms with E-state index in [2.05, 4.69) is 44.1 Å². The lowest BCUT2D eigenvalue weighted by molar-refractivity contribution is 0.207. The molecule has 21 heavy (non-hydrogen) atoms. The number of aliphatic hydroxyl groups is 1. The second kappa shape index (κ2) is 7.14. The molecule has 5 heteroatoms. The van der Waals surface area contributed by atoms with Gasteiger partial charge in [0.25, 0.3) is 0 Å². The first kappa shape index (κ1) is 16.8. The molecule has 0 aromatic heterocycles. The Morgan fingerprint density at radius 3 is 2.33 bits per heavy atom. The Morgan fingerprint density at radius 2 is 1.81 bits per heavy atom. The Bertz CT molecular complexity index is 612. The van der Waals surface area contributed by atoms with Crippen LogP contribution in [0.2, 0.25) is 5.02 Å². The van der Waals surface area contributed by atoms with Gasteiger partial charge in [0.05, 0.1) is 17.2 Å². The van der Waals surface area contributed by atoms with Gasteiger partial charge in [-0.2, -0.15) is 0 Å². The molecule has 2 N–H and O–H groups in total. The summed E-state index contributed by atoms with van der Waals surface area (Å²) >= 11 is 12.9. The number of halogens is 3. The smallest absolute Gasteiger partial charge is 0.0854 e. The topological polar surface area (TPSA) is 32.3 Å². The van der Waals surface area contributed by atoms with Crippen molar-refractivity contribution in [2.75, 3.05) is 11.9 Å². The van der Waals surface area contributed by atoms with Crippen molar-refractivity contribution < 1.29 is 5.11 Å². The first-order valence-corrected chi connectivity index (χ1v) is 8.57. The molecular weight excluding hydrogens is 417 g/mol. The van der Waals surface area contributed by atoms with Crippen molar-refractivity contribution in [2.45, 2.75) is 18.9 Å². The van der Waals surface area contributed by atoms with Crippen LogP contribution in [0.1, 0.15) is 18.9 Å². The van der Waals surface area contributed by atoms with Crippen molar-refractivity contribution in [3.63, 3.8) is 0 Å². The second-order valence-electron chi connectivity index (χ2n) is 4.85. The lowest BCUT2D eigenvalue weighted by atomic mass is 9.87. The monoisotopic (exact) mass is 431 g/mol. The van der Waals surface area contributed by atoms with Gasteiger partial charge in [0.15, 0.2) is 0 Å². The van der Waals surface area contributed by atoms with Crippen LogP contribution in [-0.4, -0.2) is 11.7 Å². The number of aliphatic hydroxyl groups excluding tert-OH is 1. The third-order valence-electron chi connectivity index (χ3n) is 3.57. The molecular formula is C16H16Br2ClNO. The fraction of sp³-hybridized carbons (Fsp3) is 0.250. The molecule has 0 heterocycles. The number of anilines is 1. The second-order valence-corrected chi connectivity index (χ2v) is 7.03. The minimum absolute atomic E-state index is 0.00534. The highest BCUT2D eigenvalue weighted by atomic mass is 79.9. The number of hydrogen-bond acceptors (Lipinski definition) is 2. The zero-order valence-electron chi connectivity index (χ0n) is 11.5. The van der Waals surface area contributed by atoms with Crippen molar-refractivity contribution in [1.29, 1.82) is 0 Å². The zero-order chi connectivity index (χ0) is 15.5. The van der Waals surface area contributed by atoms with Crippen molar-refractivity contribution in [3.8, 4) is 0 Å². The molecule has 2 nitrogen and oxygen atoms in total. The van der Waals surface area contributed by atoms with Gasteiger partial charge in [-0.15, -0.1) is 0 Å². The summed E-state index contributed by atoms with van der Waals surface area (Å²) < 4.78 is 1.84. The van der Waals surface area contributed by atoms with E-state index in [1.54, 1.807) is 0 Å². The molecule has 0 saturated heterocycles. The molecule has 0 saturated carbocycles. The van der Waals surface area contributed by atoms with Crippen LogP contribution in [0.4, 0.5) is 5.69 Å². The largest absolute Gasteiger partial charge is 0.394 e. The molecule has 0 fully saturated rings. The van der Waals surface area contributed by atoms with Crippen LogP contribution in [0.5, 0.6) is 0 Å². The summed E-state index contributed by atoms with van der Waals surface area (Å²) in [6.45, 7) is 2.06. The van der Waals surface area contributed by atoms with E-state index in [9.17, 15) is 5.11 Å². The van der Waals surface area contributed by atoms with E-state index >= 15 is 0 Å². The summed E-state index contributed by atoms with van der Waals surface area (Å²) in [6, 6.07) is 13.6. The number of rotatable bonds is 5. The summed E-state index contributed by atoms with van der Waals surface area (Å²) in [5.74, 6) is 0. The Balaban J connectivity index is 2.37. The van der Waals surface area contributed by atoms with Gasteiger partial charge in [0.1, 0.15) is 0 Å². The Morgan fingerprint density at radius 1 is 1.14 bits per heavy atom. The molecule has 0 aliphatic carbocycles. The summed E-state index contributed by atoms with van der Waals surface area (Å²) in [6.07, 6.45) is 0.755. The summed E-state index contributed by atoms with van der Waals surface area (Å²) in [4.78, 5) is 0. The van der Waals surface area contributed by atoms with Crippen LogP contribution in [0.15, 0.2) is 51.4 Å². The molecule has 1 atom stereocenters. The van der Waals surface area contributed by atoms with Gasteiger partial charge in [-0.3, -0.25) is 0 Å². The quantitative estimate of drug-likeness (QED) is 0.646. The van der Waals surface area contributed by atoms with E-state index < -0.39 is 5.54 Å². The molecule has 2 rings (SSSR count). The fourth-order valence-electron chi connectivity index (χ4n) is 2.23. The first-order valence-electron chi connectivity index (χ1n) is 6.61. The van der Waals surface area contributed by atoms with E-state index in [-0.39, 0.29) is 6.61 Å². The molecule has 0 bridgehead atoms. The normalized spacial score (nSPS) is 13.8. The highest BCUT2D eigenvalue weighted by Crippen LogP contribution is 2.33. The molecule has 1 unspecified atom stereocenters. The summed E-state index contributed by atoms with van der Waals surface area (Å²) in [5, 5.41) is 14.1. The average Bonchev–Trinajstić information content (AvgIpc) is 2.49. The van der Waals surface area contributed by atoms with E-state index in [0.29, 0.717) is 5.02 Å². The Hall–Kier alpha value is -0.550. The van der Waals surface area contributed by atoms with Gasteiger partial charge in [-0.25, -0.2) is 0 Å². The van der Waals surface area contributed by atoms with Crippen LogP contribution in [0.3, 0.4) is 0 Å². The van der Waals surface area contributed by atoms with Crippen molar-refractivity contribution in [2.24, 2.45) is 0 Å². The van der Waals surface area contributed by atoms with Crippen LogP contribution in [0.25, 0.3) is 0 Å². The Labute approximate surface area is 146 Å². The van der Waals surface area contributed by atoms with Crippen molar-refractivity contribution in [1.82, 2.24) is 0 Å². The number of hydrogen-bond donors (Lipinski definition) is 2. The third kappa shape index (κ3) is 3.81. The van der Waals surface area contributed by atoms with Gasteiger partial charge in [0.2, 0.25) is 0 Å². The first-order chi connectivity index (χ1) is 10.0. The maximum atomic E-state index is 9.97. The maximum Gasteiger partial charge on any atom is 0.0854 e. The van der Waals surface area contributed by atoms with Crippen LogP contribution in [0, 0.1) is 0 Å². The zero-order valence-corrected chi connectivity index (χ0v) is 15.5. The summed E-state index contributed by atoms with van der Waals surface area (Å²) in [5.41, 5.74) is 1.43. The predicted molar refractivity (Wildman–Crippen MR) is 96.0 cm³/mol. The van der Waals surface area contributed by atoms with Gasteiger partial charge in [-0.05, 0) is 58.2 Å². The number of benzene rings is 2. The molecule has 0 spiro atoms. The lowest BCUT2D eigenvalue weighted by Crippen LogP contribution is -2.38. The Kier molecular flexibility index (Phi) is 5.72. The minimum atomic E-state index is -0.520. The van der Waals surface area contributed by atoms with Crippen LogP contribution >= 0.6 is 43.5 Å². The van der Waals surface area contributed by atoms with Gasteiger partial charge in [-0.1, -0.05) is 46.6 Å². The average molecular weight is 434 g/mol. The molecule has 0 amide bonds. The molecule has 2 aromatic rings. The van der Waals surface area contributed by atoms with E-state index in [0.717, 1.165) is 26.6 Å². The molecule has 0 aliphatic rings. The molecule has 2 aromatic carbocycles. The molecule has 0 aliphatic heterocycles. The van der Waals surface area contributed by atoms with Gasteiger partial charge in [0, 0.05) is 14.6 Å². The van der Waals surface area contributed by atoms with Crippen LogP contribution in [-0.2, 0) is 5.54 Å². The van der Waals surface area contributed by atoms with Gasteiger partial charge < -0.3 is 10.4 Å².